The molecule has 1 aromatic heterocycles. The lowest BCUT2D eigenvalue weighted by Gasteiger charge is -2.34. The first-order valence-electron chi connectivity index (χ1n) is 8.57. The van der Waals surface area contributed by atoms with Gasteiger partial charge < -0.3 is 10.2 Å². The third kappa shape index (κ3) is 4.18. The molecule has 6 nitrogen and oxygen atoms in total. The molecular weight excluding hydrogens is 336 g/mol. The van der Waals surface area contributed by atoms with Crippen LogP contribution < -0.4 is 10.2 Å². The highest BCUT2D eigenvalue weighted by atomic mass is 32.2. The summed E-state index contributed by atoms with van der Waals surface area (Å²) in [5, 5.41) is 3.24. The van der Waals surface area contributed by atoms with E-state index in [9.17, 15) is 8.42 Å². The minimum Gasteiger partial charge on any atom is -0.354 e. The fourth-order valence-corrected chi connectivity index (χ4v) is 4.32. The van der Waals surface area contributed by atoms with Crippen molar-refractivity contribution in [1.29, 1.82) is 0 Å². The standard InChI is InChI=1S/C18H24N4O2S/c1-2-19-15-16-6-8-17(9-7-16)25(23,24)22-13-11-21(12-14-22)18-5-3-4-10-20-18/h3-10,19H,2,11-15H2,1H3. The Bertz CT molecular complexity index is 770. The van der Waals surface area contributed by atoms with Gasteiger partial charge in [-0.05, 0) is 36.4 Å². The van der Waals surface area contributed by atoms with E-state index in [0.717, 1.165) is 24.5 Å². The van der Waals surface area contributed by atoms with E-state index in [2.05, 4.69) is 15.2 Å². The van der Waals surface area contributed by atoms with E-state index in [1.165, 1.54) is 0 Å². The topological polar surface area (TPSA) is 65.5 Å². The molecule has 1 aliphatic rings. The molecule has 0 bridgehead atoms. The molecule has 0 radical (unpaired) electrons. The summed E-state index contributed by atoms with van der Waals surface area (Å²) >= 11 is 0. The second-order valence-corrected chi connectivity index (χ2v) is 7.94. The van der Waals surface area contributed by atoms with Gasteiger partial charge in [-0.1, -0.05) is 25.1 Å². The molecule has 25 heavy (non-hydrogen) atoms. The smallest absolute Gasteiger partial charge is 0.243 e. The first-order chi connectivity index (χ1) is 12.1. The van der Waals surface area contributed by atoms with Gasteiger partial charge in [-0.2, -0.15) is 4.31 Å². The summed E-state index contributed by atoms with van der Waals surface area (Å²) in [5.41, 5.74) is 1.08. The maximum Gasteiger partial charge on any atom is 0.243 e. The van der Waals surface area contributed by atoms with Crippen molar-refractivity contribution in [3.63, 3.8) is 0 Å². The largest absolute Gasteiger partial charge is 0.354 e. The van der Waals surface area contributed by atoms with Crippen LogP contribution in [0, 0.1) is 0 Å². The van der Waals surface area contributed by atoms with E-state index >= 15 is 0 Å². The SMILES string of the molecule is CCNCc1ccc(S(=O)(=O)N2CCN(c3ccccn3)CC2)cc1. The van der Waals surface area contributed by atoms with Crippen LogP contribution in [0.4, 0.5) is 5.82 Å². The van der Waals surface area contributed by atoms with E-state index < -0.39 is 10.0 Å². The van der Waals surface area contributed by atoms with Gasteiger partial charge in [0.2, 0.25) is 10.0 Å². The summed E-state index contributed by atoms with van der Waals surface area (Å²) in [6.45, 7) is 5.92. The number of pyridine rings is 1. The number of rotatable bonds is 6. The number of hydrogen-bond acceptors (Lipinski definition) is 5. The third-order valence-electron chi connectivity index (χ3n) is 4.35. The van der Waals surface area contributed by atoms with Gasteiger partial charge in [0, 0.05) is 38.9 Å². The van der Waals surface area contributed by atoms with E-state index in [4.69, 9.17) is 0 Å². The van der Waals surface area contributed by atoms with E-state index in [0.29, 0.717) is 31.1 Å². The van der Waals surface area contributed by atoms with E-state index in [1.54, 1.807) is 22.6 Å². The first-order valence-corrected chi connectivity index (χ1v) is 10.0. The van der Waals surface area contributed by atoms with Gasteiger partial charge in [-0.25, -0.2) is 13.4 Å². The molecule has 2 heterocycles. The molecule has 0 amide bonds. The monoisotopic (exact) mass is 360 g/mol. The van der Waals surface area contributed by atoms with Crippen LogP contribution >= 0.6 is 0 Å². The lowest BCUT2D eigenvalue weighted by atomic mass is 10.2. The third-order valence-corrected chi connectivity index (χ3v) is 6.27. The zero-order valence-corrected chi connectivity index (χ0v) is 15.2. The van der Waals surface area contributed by atoms with Gasteiger partial charge >= 0.3 is 0 Å². The summed E-state index contributed by atoms with van der Waals surface area (Å²) in [5.74, 6) is 0.896. The van der Waals surface area contributed by atoms with Crippen LogP contribution in [-0.4, -0.2) is 50.4 Å². The molecule has 3 rings (SSSR count). The van der Waals surface area contributed by atoms with Gasteiger partial charge in [0.15, 0.2) is 0 Å². The molecule has 0 unspecified atom stereocenters. The zero-order chi connectivity index (χ0) is 17.7. The van der Waals surface area contributed by atoms with Crippen molar-refractivity contribution in [2.45, 2.75) is 18.4 Å². The van der Waals surface area contributed by atoms with Gasteiger partial charge in [-0.15, -0.1) is 0 Å². The zero-order valence-electron chi connectivity index (χ0n) is 14.4. The minimum absolute atomic E-state index is 0.360. The van der Waals surface area contributed by atoms with Crippen LogP contribution in [0.15, 0.2) is 53.6 Å². The molecule has 7 heteroatoms. The molecule has 0 saturated carbocycles. The average Bonchev–Trinajstić information content (AvgIpc) is 2.67. The Balaban J connectivity index is 1.65. The lowest BCUT2D eigenvalue weighted by molar-refractivity contribution is 0.384. The number of aromatic nitrogens is 1. The predicted molar refractivity (Wildman–Crippen MR) is 99.0 cm³/mol. The molecule has 1 fully saturated rings. The van der Waals surface area contributed by atoms with Crippen molar-refractivity contribution in [1.82, 2.24) is 14.6 Å². The molecule has 0 aliphatic carbocycles. The summed E-state index contributed by atoms with van der Waals surface area (Å²) in [4.78, 5) is 6.81. The Morgan fingerprint density at radius 3 is 2.36 bits per heavy atom. The van der Waals surface area contributed by atoms with Crippen LogP contribution in [0.5, 0.6) is 0 Å². The Morgan fingerprint density at radius 1 is 1.04 bits per heavy atom. The van der Waals surface area contributed by atoms with Crippen LogP contribution in [0.1, 0.15) is 12.5 Å². The maximum atomic E-state index is 12.8. The van der Waals surface area contributed by atoms with Crippen molar-refractivity contribution in [2.75, 3.05) is 37.6 Å². The Kier molecular flexibility index (Phi) is 5.67. The van der Waals surface area contributed by atoms with Gasteiger partial charge in [0.25, 0.3) is 0 Å². The van der Waals surface area contributed by atoms with Crippen molar-refractivity contribution in [2.24, 2.45) is 0 Å². The first kappa shape index (κ1) is 17.8. The molecule has 1 aliphatic heterocycles. The number of nitrogens with zero attached hydrogens (tertiary/aromatic N) is 3. The summed E-state index contributed by atoms with van der Waals surface area (Å²) in [6.07, 6.45) is 1.76. The van der Waals surface area contributed by atoms with Crippen LogP contribution in [0.25, 0.3) is 0 Å². The second-order valence-electron chi connectivity index (χ2n) is 6.00. The fourth-order valence-electron chi connectivity index (χ4n) is 2.90. The molecule has 1 aromatic carbocycles. The molecular formula is C18H24N4O2S. The summed E-state index contributed by atoms with van der Waals surface area (Å²) < 4.78 is 27.2. The maximum absolute atomic E-state index is 12.8. The number of piperazine rings is 1. The van der Waals surface area contributed by atoms with Crippen molar-refractivity contribution in [3.8, 4) is 0 Å². The van der Waals surface area contributed by atoms with Crippen molar-refractivity contribution < 1.29 is 8.42 Å². The molecule has 1 N–H and O–H groups in total. The Morgan fingerprint density at radius 2 is 1.76 bits per heavy atom. The molecule has 0 spiro atoms. The number of anilines is 1. The van der Waals surface area contributed by atoms with Gasteiger partial charge in [0.1, 0.15) is 5.82 Å². The molecule has 134 valence electrons. The number of hydrogen-bond donors (Lipinski definition) is 1. The normalized spacial score (nSPS) is 16.1. The Hall–Kier alpha value is -1.96. The summed E-state index contributed by atoms with van der Waals surface area (Å²) in [7, 11) is -3.44. The van der Waals surface area contributed by atoms with Gasteiger partial charge in [0.05, 0.1) is 4.90 Å². The lowest BCUT2D eigenvalue weighted by Crippen LogP contribution is -2.48. The quantitative estimate of drug-likeness (QED) is 0.849. The molecule has 1 saturated heterocycles. The van der Waals surface area contributed by atoms with Crippen molar-refractivity contribution >= 4 is 15.8 Å². The highest BCUT2D eigenvalue weighted by molar-refractivity contribution is 7.89. The molecule has 2 aromatic rings. The van der Waals surface area contributed by atoms with Crippen LogP contribution in [0.2, 0.25) is 0 Å². The number of benzene rings is 1. The Labute approximate surface area is 149 Å². The minimum atomic E-state index is -3.44. The van der Waals surface area contributed by atoms with E-state index in [-0.39, 0.29) is 0 Å². The summed E-state index contributed by atoms with van der Waals surface area (Å²) in [6, 6.07) is 12.9. The van der Waals surface area contributed by atoms with Crippen molar-refractivity contribution in [3.05, 3.63) is 54.2 Å². The number of sulfonamides is 1. The van der Waals surface area contributed by atoms with Crippen LogP contribution in [-0.2, 0) is 16.6 Å². The number of nitrogens with one attached hydrogen (secondary N) is 1. The van der Waals surface area contributed by atoms with E-state index in [1.807, 2.05) is 37.3 Å². The highest BCUT2D eigenvalue weighted by Crippen LogP contribution is 2.20. The highest BCUT2D eigenvalue weighted by Gasteiger charge is 2.28. The fraction of sp³-hybridized carbons (Fsp3) is 0.389. The predicted octanol–water partition coefficient (Wildman–Crippen LogP) is 1.70. The average molecular weight is 360 g/mol. The van der Waals surface area contributed by atoms with Crippen LogP contribution in [0.3, 0.4) is 0 Å². The van der Waals surface area contributed by atoms with Gasteiger partial charge in [-0.3, -0.25) is 0 Å². The molecule has 0 atom stereocenters. The second kappa shape index (κ2) is 7.95.